The third-order valence-corrected chi connectivity index (χ3v) is 12.3. The van der Waals surface area contributed by atoms with Gasteiger partial charge in [0.15, 0.2) is 0 Å². The zero-order chi connectivity index (χ0) is 25.8. The summed E-state index contributed by atoms with van der Waals surface area (Å²) in [6, 6.07) is 0. The fraction of sp³-hybridized carbons (Fsp3) is 0.794. The van der Waals surface area contributed by atoms with E-state index in [0.29, 0.717) is 23.0 Å². The first kappa shape index (κ1) is 26.5. The molecule has 6 aliphatic carbocycles. The van der Waals surface area contributed by atoms with Gasteiger partial charge < -0.3 is 5.11 Å². The second-order valence-corrected chi connectivity index (χ2v) is 14.3. The summed E-state index contributed by atoms with van der Waals surface area (Å²) in [5.41, 5.74) is 6.82. The zero-order valence-corrected chi connectivity index (χ0v) is 23.9. The van der Waals surface area contributed by atoms with Crippen molar-refractivity contribution in [2.45, 2.75) is 124 Å². The molecule has 3 saturated carbocycles. The Bertz CT molecular complexity index is 954. The van der Waals surface area contributed by atoms with Crippen molar-refractivity contribution >= 4 is 5.78 Å². The number of aliphatic hydroxyl groups excluding tert-OH is 1. The number of rotatable bonds is 1. The lowest BCUT2D eigenvalue weighted by Gasteiger charge is -2.56. The summed E-state index contributed by atoms with van der Waals surface area (Å²) in [5, 5.41) is 10.00. The highest BCUT2D eigenvalue weighted by atomic mass is 16.3. The molecule has 2 heteroatoms. The molecule has 0 saturated heterocycles. The quantitative estimate of drug-likeness (QED) is 0.372. The van der Waals surface area contributed by atoms with Gasteiger partial charge in [-0.3, -0.25) is 4.79 Å². The van der Waals surface area contributed by atoms with Crippen molar-refractivity contribution in [2.24, 2.45) is 46.3 Å². The standard InChI is InChI=1S/C19H28O2.C15H24/c1-18-9-7-13(20)11-12(18)3-4-14-15-5-6-17(21)19(15,2)10-8-16(14)18;1-10(2)13-7-5-11(3)14-8-6-12(4)15(14)9-13/h3,13-16,20H,4-11H2,1-2H3;11-13H,1,5-9H2,2-4H3/t13-,14-,15-,16-,18-,19-;11-,12-,13+/m00/s1. The first-order chi connectivity index (χ1) is 17.0. The summed E-state index contributed by atoms with van der Waals surface area (Å²) in [7, 11) is 0. The molecule has 6 rings (SSSR count). The highest BCUT2D eigenvalue weighted by molar-refractivity contribution is 5.87. The van der Waals surface area contributed by atoms with Crippen LogP contribution in [0.3, 0.4) is 0 Å². The number of hydrogen-bond acceptors (Lipinski definition) is 2. The van der Waals surface area contributed by atoms with E-state index < -0.39 is 0 Å². The van der Waals surface area contributed by atoms with Gasteiger partial charge in [-0.05, 0) is 125 Å². The first-order valence-corrected chi connectivity index (χ1v) is 15.3. The summed E-state index contributed by atoms with van der Waals surface area (Å²) in [5.74, 6) is 5.06. The molecule has 6 aliphatic rings. The van der Waals surface area contributed by atoms with Gasteiger partial charge in [-0.15, -0.1) is 0 Å². The number of aliphatic hydroxyl groups is 1. The highest BCUT2D eigenvalue weighted by Gasteiger charge is 2.58. The van der Waals surface area contributed by atoms with Crippen LogP contribution in [-0.2, 0) is 4.79 Å². The van der Waals surface area contributed by atoms with Gasteiger partial charge in [0.1, 0.15) is 5.78 Å². The maximum absolute atomic E-state index is 12.4. The minimum Gasteiger partial charge on any atom is -0.393 e. The molecule has 9 atom stereocenters. The van der Waals surface area contributed by atoms with Crippen LogP contribution in [0, 0.1) is 46.3 Å². The topological polar surface area (TPSA) is 37.3 Å². The number of Topliss-reactive ketones (excluding diaryl/α,β-unsaturated/α-hetero) is 1. The van der Waals surface area contributed by atoms with Crippen LogP contribution in [0.25, 0.3) is 0 Å². The Morgan fingerprint density at radius 1 is 0.889 bits per heavy atom. The van der Waals surface area contributed by atoms with E-state index >= 15 is 0 Å². The van der Waals surface area contributed by atoms with E-state index in [0.717, 1.165) is 68.6 Å². The van der Waals surface area contributed by atoms with E-state index in [1.54, 1.807) is 5.57 Å². The van der Waals surface area contributed by atoms with Crippen molar-refractivity contribution < 1.29 is 9.90 Å². The molecule has 0 amide bonds. The lowest BCUT2D eigenvalue weighted by molar-refractivity contribution is -0.132. The van der Waals surface area contributed by atoms with E-state index in [2.05, 4.69) is 47.3 Å². The van der Waals surface area contributed by atoms with Crippen LogP contribution in [0.4, 0.5) is 0 Å². The fourth-order valence-electron chi connectivity index (χ4n) is 9.74. The van der Waals surface area contributed by atoms with Crippen LogP contribution >= 0.6 is 0 Å². The normalized spacial score (nSPS) is 45.9. The summed E-state index contributed by atoms with van der Waals surface area (Å²) in [4.78, 5) is 12.4. The minimum atomic E-state index is -0.122. The van der Waals surface area contributed by atoms with Crippen LogP contribution in [0.15, 0.2) is 34.9 Å². The summed E-state index contributed by atoms with van der Waals surface area (Å²) < 4.78 is 0. The Hall–Kier alpha value is -1.15. The smallest absolute Gasteiger partial charge is 0.139 e. The van der Waals surface area contributed by atoms with Gasteiger partial charge in [-0.25, -0.2) is 0 Å². The number of allylic oxidation sites excluding steroid dienone is 4. The van der Waals surface area contributed by atoms with Crippen molar-refractivity contribution in [3.63, 3.8) is 0 Å². The molecule has 0 bridgehead atoms. The minimum absolute atomic E-state index is 0.0168. The Morgan fingerprint density at radius 2 is 1.58 bits per heavy atom. The largest absolute Gasteiger partial charge is 0.393 e. The van der Waals surface area contributed by atoms with E-state index in [-0.39, 0.29) is 11.5 Å². The predicted octanol–water partition coefficient (Wildman–Crippen LogP) is 8.60. The third kappa shape index (κ3) is 4.42. The van der Waals surface area contributed by atoms with E-state index in [1.807, 2.05) is 5.57 Å². The second kappa shape index (κ2) is 9.87. The number of carbonyl (C=O) groups excluding carboxylic acids is 1. The zero-order valence-electron chi connectivity index (χ0n) is 23.9. The van der Waals surface area contributed by atoms with Crippen molar-refractivity contribution in [3.8, 4) is 0 Å². The maximum Gasteiger partial charge on any atom is 0.139 e. The third-order valence-electron chi connectivity index (χ3n) is 12.3. The van der Waals surface area contributed by atoms with Crippen LogP contribution in [0.5, 0.6) is 0 Å². The van der Waals surface area contributed by atoms with Gasteiger partial charge in [0, 0.05) is 11.8 Å². The second-order valence-electron chi connectivity index (χ2n) is 14.3. The van der Waals surface area contributed by atoms with Crippen LogP contribution in [-0.4, -0.2) is 17.0 Å². The van der Waals surface area contributed by atoms with Crippen molar-refractivity contribution in [3.05, 3.63) is 34.9 Å². The van der Waals surface area contributed by atoms with Gasteiger partial charge in [0.25, 0.3) is 0 Å². The number of ketones is 1. The average molecular weight is 493 g/mol. The molecule has 1 N–H and O–H groups in total. The molecule has 0 aromatic rings. The van der Waals surface area contributed by atoms with Gasteiger partial charge in [-0.1, -0.05) is 62.6 Å². The molecule has 0 aromatic carbocycles. The molecule has 0 radical (unpaired) electrons. The summed E-state index contributed by atoms with van der Waals surface area (Å²) in [6.45, 7) is 15.9. The number of carbonyl (C=O) groups is 1. The van der Waals surface area contributed by atoms with Crippen molar-refractivity contribution in [1.29, 1.82) is 0 Å². The van der Waals surface area contributed by atoms with Gasteiger partial charge >= 0.3 is 0 Å². The highest BCUT2D eigenvalue weighted by Crippen LogP contribution is 2.63. The molecule has 0 unspecified atom stereocenters. The lowest BCUT2D eigenvalue weighted by Crippen LogP contribution is -2.50. The average Bonchev–Trinajstić information content (AvgIpc) is 3.29. The van der Waals surface area contributed by atoms with Gasteiger partial charge in [0.05, 0.1) is 6.10 Å². The van der Waals surface area contributed by atoms with E-state index in [1.165, 1.54) is 49.7 Å². The molecule has 0 spiro atoms. The van der Waals surface area contributed by atoms with Gasteiger partial charge in [0.2, 0.25) is 0 Å². The summed E-state index contributed by atoms with van der Waals surface area (Å²) in [6.07, 6.45) is 17.5. The maximum atomic E-state index is 12.4. The Balaban J connectivity index is 0.000000157. The van der Waals surface area contributed by atoms with Crippen LogP contribution in [0.1, 0.15) is 118 Å². The Morgan fingerprint density at radius 3 is 2.33 bits per heavy atom. The molecule has 0 aromatic heterocycles. The lowest BCUT2D eigenvalue weighted by atomic mass is 9.48. The Labute approximate surface area is 221 Å². The predicted molar refractivity (Wildman–Crippen MR) is 149 cm³/mol. The molecule has 2 nitrogen and oxygen atoms in total. The van der Waals surface area contributed by atoms with E-state index in [9.17, 15) is 9.90 Å². The SMILES string of the molecule is C=C(C)[C@@H]1CC[C@H](C)C2=C(C1)[C@@H](C)CC2.C[C@]12CC[C@H](O)CC1=CC[C@@H]1[C@@H]2CC[C@]2(C)C(=O)CC[C@@H]12. The number of fused-ring (bicyclic) bond motifs is 5. The first-order valence-electron chi connectivity index (χ1n) is 15.3. The molecule has 0 aliphatic heterocycles. The molecular weight excluding hydrogens is 440 g/mol. The monoisotopic (exact) mass is 492 g/mol. The molecule has 36 heavy (non-hydrogen) atoms. The van der Waals surface area contributed by atoms with Gasteiger partial charge in [-0.2, -0.15) is 0 Å². The van der Waals surface area contributed by atoms with Crippen LogP contribution < -0.4 is 0 Å². The molecular formula is C34H52O2. The van der Waals surface area contributed by atoms with Crippen LogP contribution in [0.2, 0.25) is 0 Å². The molecule has 3 fully saturated rings. The number of hydrogen-bond donors (Lipinski definition) is 1. The molecule has 0 heterocycles. The molecule has 200 valence electrons. The van der Waals surface area contributed by atoms with Crippen molar-refractivity contribution in [1.82, 2.24) is 0 Å². The Kier molecular flexibility index (Phi) is 7.25. The van der Waals surface area contributed by atoms with E-state index in [4.69, 9.17) is 0 Å². The fourth-order valence-corrected chi connectivity index (χ4v) is 9.74. The van der Waals surface area contributed by atoms with Crippen molar-refractivity contribution in [2.75, 3.05) is 0 Å². The summed E-state index contributed by atoms with van der Waals surface area (Å²) >= 11 is 0.